The summed E-state index contributed by atoms with van der Waals surface area (Å²) in [5, 5.41) is 37.3. The van der Waals surface area contributed by atoms with Crippen molar-refractivity contribution in [2.24, 2.45) is 11.8 Å². The molecule has 0 amide bonds. The number of hydrogen-bond donors (Lipinski definition) is 4. The molecule has 0 aromatic carbocycles. The lowest BCUT2D eigenvalue weighted by atomic mass is 9.80. The number of hydrogen-bond acceptors (Lipinski definition) is 4. The summed E-state index contributed by atoms with van der Waals surface area (Å²) in [6.07, 6.45) is 3.68. The monoisotopic (exact) mass is 246 g/mol. The van der Waals surface area contributed by atoms with Crippen LogP contribution in [0.4, 0.5) is 0 Å². The van der Waals surface area contributed by atoms with E-state index in [0.29, 0.717) is 0 Å². The molecule has 0 heterocycles. The van der Waals surface area contributed by atoms with Crippen LogP contribution in [0.3, 0.4) is 0 Å². The minimum atomic E-state index is -1.25. The fourth-order valence-corrected chi connectivity index (χ4v) is 2.35. The SMILES string of the molecule is CC(CCCC1CCC1)C(O)C(O)C(O)CO. The fourth-order valence-electron chi connectivity index (χ4n) is 2.35. The zero-order valence-electron chi connectivity index (χ0n) is 10.6. The Labute approximate surface area is 103 Å². The molecule has 0 saturated heterocycles. The first-order valence-corrected chi connectivity index (χ1v) is 6.71. The molecule has 0 bridgehead atoms. The van der Waals surface area contributed by atoms with E-state index < -0.39 is 24.9 Å². The van der Waals surface area contributed by atoms with Gasteiger partial charge in [0.1, 0.15) is 12.2 Å². The van der Waals surface area contributed by atoms with Crippen molar-refractivity contribution >= 4 is 0 Å². The largest absolute Gasteiger partial charge is 0.394 e. The van der Waals surface area contributed by atoms with Crippen molar-refractivity contribution in [2.45, 2.75) is 63.8 Å². The summed E-state index contributed by atoms with van der Waals surface area (Å²) in [6.45, 7) is 1.35. The molecule has 0 aromatic heterocycles. The summed E-state index contributed by atoms with van der Waals surface area (Å²) in [7, 11) is 0. The highest BCUT2D eigenvalue weighted by Crippen LogP contribution is 2.31. The molecule has 17 heavy (non-hydrogen) atoms. The van der Waals surface area contributed by atoms with Crippen LogP contribution in [-0.2, 0) is 0 Å². The molecule has 0 spiro atoms. The topological polar surface area (TPSA) is 80.9 Å². The van der Waals surface area contributed by atoms with E-state index in [1.54, 1.807) is 0 Å². The zero-order chi connectivity index (χ0) is 12.8. The lowest BCUT2D eigenvalue weighted by Gasteiger charge is -2.28. The van der Waals surface area contributed by atoms with Gasteiger partial charge in [0.15, 0.2) is 0 Å². The average Bonchev–Trinajstić information content (AvgIpc) is 2.28. The van der Waals surface area contributed by atoms with Crippen molar-refractivity contribution in [2.75, 3.05) is 6.61 Å². The van der Waals surface area contributed by atoms with Crippen molar-refractivity contribution in [3.8, 4) is 0 Å². The van der Waals surface area contributed by atoms with Gasteiger partial charge in [-0.3, -0.25) is 0 Å². The van der Waals surface area contributed by atoms with E-state index in [0.717, 1.165) is 18.8 Å². The standard InChI is InChI=1S/C13H26O4/c1-9(4-2-5-10-6-3-7-10)12(16)13(17)11(15)8-14/h9-17H,2-8H2,1H3. The Kier molecular flexibility index (Phi) is 6.41. The maximum absolute atomic E-state index is 9.80. The third-order valence-corrected chi connectivity index (χ3v) is 4.01. The first-order chi connectivity index (χ1) is 8.06. The maximum atomic E-state index is 9.80. The van der Waals surface area contributed by atoms with Crippen LogP contribution < -0.4 is 0 Å². The van der Waals surface area contributed by atoms with E-state index in [9.17, 15) is 15.3 Å². The van der Waals surface area contributed by atoms with Crippen molar-refractivity contribution in [1.29, 1.82) is 0 Å². The van der Waals surface area contributed by atoms with E-state index in [1.165, 1.54) is 25.7 Å². The van der Waals surface area contributed by atoms with Crippen LogP contribution in [0.1, 0.15) is 45.4 Å². The molecule has 4 atom stereocenters. The van der Waals surface area contributed by atoms with Gasteiger partial charge in [0.05, 0.1) is 12.7 Å². The quantitative estimate of drug-likeness (QED) is 0.507. The van der Waals surface area contributed by atoms with Gasteiger partial charge in [-0.1, -0.05) is 39.0 Å². The average molecular weight is 246 g/mol. The van der Waals surface area contributed by atoms with Gasteiger partial charge >= 0.3 is 0 Å². The second-order valence-electron chi connectivity index (χ2n) is 5.44. The molecule has 4 heteroatoms. The van der Waals surface area contributed by atoms with Gasteiger partial charge in [-0.2, -0.15) is 0 Å². The number of aliphatic hydroxyl groups excluding tert-OH is 4. The summed E-state index contributed by atoms with van der Waals surface area (Å²) in [6, 6.07) is 0. The second-order valence-corrected chi connectivity index (χ2v) is 5.44. The van der Waals surface area contributed by atoms with Gasteiger partial charge in [0.2, 0.25) is 0 Å². The van der Waals surface area contributed by atoms with Crippen LogP contribution >= 0.6 is 0 Å². The van der Waals surface area contributed by atoms with Crippen LogP contribution in [0.5, 0.6) is 0 Å². The van der Waals surface area contributed by atoms with Crippen molar-refractivity contribution in [3.05, 3.63) is 0 Å². The molecule has 0 aliphatic heterocycles. The normalized spacial score (nSPS) is 23.8. The summed E-state index contributed by atoms with van der Waals surface area (Å²) < 4.78 is 0. The summed E-state index contributed by atoms with van der Waals surface area (Å²) in [5.41, 5.74) is 0. The minimum Gasteiger partial charge on any atom is -0.394 e. The lowest BCUT2D eigenvalue weighted by molar-refractivity contribution is -0.0935. The molecule has 1 aliphatic rings. The predicted octanol–water partition coefficient (Wildman–Crippen LogP) is 0.668. The van der Waals surface area contributed by atoms with Gasteiger partial charge in [-0.05, 0) is 18.3 Å². The minimum absolute atomic E-state index is 0.0497. The third kappa shape index (κ3) is 4.54. The molecule has 0 radical (unpaired) electrons. The second kappa shape index (κ2) is 7.31. The Morgan fingerprint density at radius 2 is 1.76 bits per heavy atom. The van der Waals surface area contributed by atoms with Crippen LogP contribution in [0, 0.1) is 11.8 Å². The molecule has 4 nitrogen and oxygen atoms in total. The van der Waals surface area contributed by atoms with Gasteiger partial charge in [-0.15, -0.1) is 0 Å². The highest BCUT2D eigenvalue weighted by atomic mass is 16.4. The molecule has 1 saturated carbocycles. The fraction of sp³-hybridized carbons (Fsp3) is 1.00. The van der Waals surface area contributed by atoms with E-state index in [4.69, 9.17) is 5.11 Å². The lowest BCUT2D eigenvalue weighted by Crippen LogP contribution is -2.42. The third-order valence-electron chi connectivity index (χ3n) is 4.01. The highest BCUT2D eigenvalue weighted by Gasteiger charge is 2.28. The van der Waals surface area contributed by atoms with Gasteiger partial charge in [0, 0.05) is 0 Å². The highest BCUT2D eigenvalue weighted by molar-refractivity contribution is 4.79. The molecule has 0 aromatic rings. The molecule has 1 fully saturated rings. The molecule has 4 N–H and O–H groups in total. The van der Waals surface area contributed by atoms with Gasteiger partial charge < -0.3 is 20.4 Å². The Morgan fingerprint density at radius 3 is 2.24 bits per heavy atom. The molecular formula is C13H26O4. The Bertz CT molecular complexity index is 206. The van der Waals surface area contributed by atoms with Crippen molar-refractivity contribution in [3.63, 3.8) is 0 Å². The Morgan fingerprint density at radius 1 is 1.12 bits per heavy atom. The van der Waals surface area contributed by atoms with E-state index >= 15 is 0 Å². The van der Waals surface area contributed by atoms with Crippen LogP contribution in [0.25, 0.3) is 0 Å². The molecular weight excluding hydrogens is 220 g/mol. The van der Waals surface area contributed by atoms with E-state index in [1.807, 2.05) is 6.92 Å². The van der Waals surface area contributed by atoms with Crippen LogP contribution in [-0.4, -0.2) is 45.3 Å². The predicted molar refractivity (Wildman–Crippen MR) is 65.5 cm³/mol. The number of aliphatic hydroxyl groups is 4. The Hall–Kier alpha value is -0.160. The molecule has 1 aliphatic carbocycles. The van der Waals surface area contributed by atoms with Crippen LogP contribution in [0.15, 0.2) is 0 Å². The summed E-state index contributed by atoms with van der Waals surface area (Å²) in [4.78, 5) is 0. The summed E-state index contributed by atoms with van der Waals surface area (Å²) >= 11 is 0. The number of rotatable bonds is 8. The smallest absolute Gasteiger partial charge is 0.108 e. The molecule has 102 valence electrons. The summed E-state index contributed by atoms with van der Waals surface area (Å²) in [5.74, 6) is 0.818. The van der Waals surface area contributed by atoms with Gasteiger partial charge in [0.25, 0.3) is 0 Å². The first kappa shape index (κ1) is 14.9. The first-order valence-electron chi connectivity index (χ1n) is 6.71. The molecule has 4 unspecified atom stereocenters. The van der Waals surface area contributed by atoms with Crippen molar-refractivity contribution < 1.29 is 20.4 Å². The van der Waals surface area contributed by atoms with E-state index in [-0.39, 0.29) is 5.92 Å². The maximum Gasteiger partial charge on any atom is 0.108 e. The van der Waals surface area contributed by atoms with Crippen LogP contribution in [0.2, 0.25) is 0 Å². The van der Waals surface area contributed by atoms with Gasteiger partial charge in [-0.25, -0.2) is 0 Å². The molecule has 1 rings (SSSR count). The zero-order valence-corrected chi connectivity index (χ0v) is 10.6. The Balaban J connectivity index is 2.17. The van der Waals surface area contributed by atoms with Crippen molar-refractivity contribution in [1.82, 2.24) is 0 Å². The van der Waals surface area contributed by atoms with E-state index in [2.05, 4.69) is 0 Å².